The quantitative estimate of drug-likeness (QED) is 0.445. The number of carbonyl (C=O) groups is 2. The first-order chi connectivity index (χ1) is 11.8. The van der Waals surface area contributed by atoms with Crippen molar-refractivity contribution >= 4 is 39.1 Å². The third-order valence-corrected chi connectivity index (χ3v) is 4.34. The monoisotopic (exact) mass is 403 g/mol. The van der Waals surface area contributed by atoms with Gasteiger partial charge in [-0.2, -0.15) is 0 Å². The third kappa shape index (κ3) is 4.70. The number of nitrogens with one attached hydrogen (secondary N) is 1. The lowest BCUT2D eigenvalue weighted by Gasteiger charge is -2.09. The molecule has 0 atom stereocenters. The van der Waals surface area contributed by atoms with E-state index in [4.69, 9.17) is 4.74 Å². The second kappa shape index (κ2) is 7.98. The zero-order chi connectivity index (χ0) is 18.6. The first-order valence-corrected chi connectivity index (χ1v) is 8.28. The van der Waals surface area contributed by atoms with E-state index >= 15 is 0 Å². The van der Waals surface area contributed by atoms with Gasteiger partial charge in [0, 0.05) is 16.1 Å². The average molecular weight is 404 g/mol. The van der Waals surface area contributed by atoms with Crippen LogP contribution < -0.4 is 10.1 Å². The molecule has 0 heterocycles. The summed E-state index contributed by atoms with van der Waals surface area (Å²) in [5.41, 5.74) is 2.93. The van der Waals surface area contributed by atoms with Crippen LogP contribution in [0.4, 0.5) is 5.69 Å². The Labute approximate surface area is 154 Å². The summed E-state index contributed by atoms with van der Waals surface area (Å²) in [5.74, 6) is -1.46. The Bertz CT molecular complexity index is 858. The summed E-state index contributed by atoms with van der Waals surface area (Å²) in [6, 6.07) is 10.2. The molecule has 0 aromatic heterocycles. The minimum Gasteiger partial charge on any atom is -0.507 e. The molecule has 1 amide bonds. The van der Waals surface area contributed by atoms with Crippen molar-refractivity contribution in [1.82, 2.24) is 0 Å². The molecule has 2 aromatic rings. The van der Waals surface area contributed by atoms with Crippen LogP contribution in [-0.4, -0.2) is 23.9 Å². The Morgan fingerprint density at radius 2 is 1.84 bits per heavy atom. The zero-order valence-electron chi connectivity index (χ0n) is 14.1. The van der Waals surface area contributed by atoms with Crippen molar-refractivity contribution in [2.24, 2.45) is 0 Å². The standard InChI is InChI=1S/C19H18BrNO4/c1-11-7-15(20)16(8-12(11)2)21-19(24)18(23)10-17(22)13-5-4-6-14(9-13)25-3/h4-10,22H,1-3H3,(H,21,24)/b17-10-. The normalized spacial score (nSPS) is 11.1. The summed E-state index contributed by atoms with van der Waals surface area (Å²) in [6.07, 6.45) is 0.888. The van der Waals surface area contributed by atoms with Crippen LogP contribution in [0.2, 0.25) is 0 Å². The topological polar surface area (TPSA) is 75.6 Å². The highest BCUT2D eigenvalue weighted by molar-refractivity contribution is 9.10. The largest absolute Gasteiger partial charge is 0.507 e. The predicted octanol–water partition coefficient (Wildman–Crippen LogP) is 4.18. The van der Waals surface area contributed by atoms with Crippen molar-refractivity contribution in [3.63, 3.8) is 0 Å². The summed E-state index contributed by atoms with van der Waals surface area (Å²) in [6.45, 7) is 3.86. The third-order valence-electron chi connectivity index (χ3n) is 3.69. The number of carbonyl (C=O) groups excluding carboxylic acids is 2. The predicted molar refractivity (Wildman–Crippen MR) is 101 cm³/mol. The molecule has 5 nitrogen and oxygen atoms in total. The van der Waals surface area contributed by atoms with Gasteiger partial charge in [0.05, 0.1) is 12.8 Å². The molecule has 6 heteroatoms. The van der Waals surface area contributed by atoms with Gasteiger partial charge in [0.1, 0.15) is 11.5 Å². The minimum absolute atomic E-state index is 0.307. The van der Waals surface area contributed by atoms with E-state index in [1.807, 2.05) is 19.9 Å². The van der Waals surface area contributed by atoms with Crippen LogP contribution in [0.25, 0.3) is 5.76 Å². The van der Waals surface area contributed by atoms with Crippen LogP contribution in [0, 0.1) is 13.8 Å². The lowest BCUT2D eigenvalue weighted by Crippen LogP contribution is -2.21. The van der Waals surface area contributed by atoms with E-state index in [9.17, 15) is 14.7 Å². The Kier molecular flexibility index (Phi) is 5.98. The highest BCUT2D eigenvalue weighted by Crippen LogP contribution is 2.26. The van der Waals surface area contributed by atoms with Crippen LogP contribution in [-0.2, 0) is 9.59 Å². The molecule has 2 aromatic carbocycles. The molecular formula is C19H18BrNO4. The Balaban J connectivity index is 2.17. The second-order valence-electron chi connectivity index (χ2n) is 5.50. The Morgan fingerprint density at radius 1 is 1.16 bits per heavy atom. The van der Waals surface area contributed by atoms with Gasteiger partial charge in [-0.25, -0.2) is 0 Å². The number of hydrogen-bond acceptors (Lipinski definition) is 4. The molecule has 0 radical (unpaired) electrons. The van der Waals surface area contributed by atoms with E-state index in [0.29, 0.717) is 21.5 Å². The van der Waals surface area contributed by atoms with Crippen molar-refractivity contribution in [3.05, 3.63) is 63.6 Å². The van der Waals surface area contributed by atoms with Crippen molar-refractivity contribution in [2.45, 2.75) is 13.8 Å². The SMILES string of the molecule is COc1cccc(/C(O)=C/C(=O)C(=O)Nc2cc(C)c(C)cc2Br)c1. The number of rotatable bonds is 5. The van der Waals surface area contributed by atoms with Gasteiger partial charge >= 0.3 is 0 Å². The fraction of sp³-hybridized carbons (Fsp3) is 0.158. The molecule has 0 fully saturated rings. The van der Waals surface area contributed by atoms with E-state index in [1.54, 1.807) is 30.3 Å². The van der Waals surface area contributed by atoms with Gasteiger partial charge in [0.15, 0.2) is 0 Å². The number of methoxy groups -OCH3 is 1. The zero-order valence-corrected chi connectivity index (χ0v) is 15.7. The van der Waals surface area contributed by atoms with Gasteiger partial charge in [-0.05, 0) is 65.2 Å². The number of amides is 1. The van der Waals surface area contributed by atoms with E-state index in [2.05, 4.69) is 21.2 Å². The molecule has 0 unspecified atom stereocenters. The van der Waals surface area contributed by atoms with E-state index < -0.39 is 11.7 Å². The van der Waals surface area contributed by atoms with Gasteiger partial charge < -0.3 is 15.2 Å². The summed E-state index contributed by atoms with van der Waals surface area (Å²) < 4.78 is 5.74. The van der Waals surface area contributed by atoms with Crippen molar-refractivity contribution in [1.29, 1.82) is 0 Å². The lowest BCUT2D eigenvalue weighted by atomic mass is 10.1. The van der Waals surface area contributed by atoms with Crippen molar-refractivity contribution < 1.29 is 19.4 Å². The smallest absolute Gasteiger partial charge is 0.296 e. The number of benzene rings is 2. The lowest BCUT2D eigenvalue weighted by molar-refractivity contribution is -0.132. The van der Waals surface area contributed by atoms with Crippen molar-refractivity contribution in [3.8, 4) is 5.75 Å². The van der Waals surface area contributed by atoms with Gasteiger partial charge in [0.2, 0.25) is 5.78 Å². The molecule has 130 valence electrons. The number of hydrogen-bond donors (Lipinski definition) is 2. The summed E-state index contributed by atoms with van der Waals surface area (Å²) in [7, 11) is 1.50. The Hall–Kier alpha value is -2.60. The van der Waals surface area contributed by atoms with E-state index in [0.717, 1.165) is 17.2 Å². The highest BCUT2D eigenvalue weighted by Gasteiger charge is 2.15. The average Bonchev–Trinajstić information content (AvgIpc) is 2.59. The summed E-state index contributed by atoms with van der Waals surface area (Å²) in [4.78, 5) is 24.1. The molecule has 0 spiro atoms. The van der Waals surface area contributed by atoms with Crippen molar-refractivity contribution in [2.75, 3.05) is 12.4 Å². The van der Waals surface area contributed by atoms with E-state index in [-0.39, 0.29) is 5.76 Å². The van der Waals surface area contributed by atoms with Gasteiger partial charge in [-0.15, -0.1) is 0 Å². The molecule has 2 rings (SSSR count). The molecule has 0 bridgehead atoms. The number of aliphatic hydroxyl groups excluding tert-OH is 1. The van der Waals surface area contributed by atoms with Gasteiger partial charge in [-0.3, -0.25) is 9.59 Å². The Morgan fingerprint density at radius 3 is 2.52 bits per heavy atom. The van der Waals surface area contributed by atoms with E-state index in [1.165, 1.54) is 7.11 Å². The fourth-order valence-corrected chi connectivity index (χ4v) is 2.67. The van der Waals surface area contributed by atoms with Crippen LogP contribution in [0.3, 0.4) is 0 Å². The number of halogens is 1. The maximum Gasteiger partial charge on any atom is 0.296 e. The van der Waals surface area contributed by atoms with Crippen LogP contribution in [0.1, 0.15) is 16.7 Å². The molecule has 0 saturated carbocycles. The molecule has 0 aliphatic rings. The van der Waals surface area contributed by atoms with Crippen LogP contribution >= 0.6 is 15.9 Å². The van der Waals surface area contributed by atoms with Crippen LogP contribution in [0.15, 0.2) is 46.9 Å². The highest BCUT2D eigenvalue weighted by atomic mass is 79.9. The number of ether oxygens (including phenoxy) is 1. The second-order valence-corrected chi connectivity index (χ2v) is 6.35. The molecule has 0 aliphatic carbocycles. The van der Waals surface area contributed by atoms with Gasteiger partial charge in [-0.1, -0.05) is 12.1 Å². The first kappa shape index (κ1) is 18.7. The molecule has 0 aliphatic heterocycles. The number of aliphatic hydroxyl groups is 1. The first-order valence-electron chi connectivity index (χ1n) is 7.49. The maximum absolute atomic E-state index is 12.1. The maximum atomic E-state index is 12.1. The molecule has 25 heavy (non-hydrogen) atoms. The summed E-state index contributed by atoms with van der Waals surface area (Å²) in [5, 5.41) is 12.6. The van der Waals surface area contributed by atoms with Gasteiger partial charge in [0.25, 0.3) is 5.91 Å². The fourth-order valence-electron chi connectivity index (χ4n) is 2.12. The summed E-state index contributed by atoms with van der Waals surface area (Å²) >= 11 is 3.36. The minimum atomic E-state index is -0.856. The molecule has 0 saturated heterocycles. The molecular weight excluding hydrogens is 386 g/mol. The molecule has 2 N–H and O–H groups in total. The number of aryl methyl sites for hydroxylation is 2. The number of ketones is 1. The van der Waals surface area contributed by atoms with Crippen LogP contribution in [0.5, 0.6) is 5.75 Å². The number of anilines is 1.